The van der Waals surface area contributed by atoms with Gasteiger partial charge in [0, 0.05) is 11.8 Å². The minimum Gasteiger partial charge on any atom is -0.346 e. The Morgan fingerprint density at radius 2 is 2.11 bits per heavy atom. The van der Waals surface area contributed by atoms with Gasteiger partial charge < -0.3 is 5.32 Å². The molecule has 18 heavy (non-hydrogen) atoms. The van der Waals surface area contributed by atoms with Crippen molar-refractivity contribution in [3.63, 3.8) is 0 Å². The Morgan fingerprint density at radius 1 is 1.22 bits per heavy atom. The van der Waals surface area contributed by atoms with E-state index in [4.69, 9.17) is 0 Å². The zero-order valence-electron chi connectivity index (χ0n) is 9.34. The number of fused-ring (bicyclic) bond motifs is 1. The number of nitrogens with one attached hydrogen (secondary N) is 3. The number of rotatable bonds is 3. The van der Waals surface area contributed by atoms with Gasteiger partial charge in [-0.2, -0.15) is 20.5 Å². The average molecular weight is 242 g/mol. The molecule has 2 heterocycles. The molecule has 3 N–H and O–H groups in total. The maximum Gasteiger partial charge on any atom is 0.251 e. The highest BCUT2D eigenvalue weighted by Crippen LogP contribution is 2.10. The average Bonchev–Trinajstić information content (AvgIpc) is 3.05. The number of nitrogens with zero attached hydrogens (tertiary/aromatic N) is 3. The standard InChI is InChI=1S/C11H10N6O/c18-11(12-6-8-3-4-13-14-8)7-1-2-9-10(5-7)16-17-15-9/h1-5H,6H2,(H,12,18)(H,13,14)(H,15,16,17). The van der Waals surface area contributed by atoms with Gasteiger partial charge in [0.25, 0.3) is 5.91 Å². The fraction of sp³-hybridized carbons (Fsp3) is 0.0909. The molecule has 0 fully saturated rings. The molecule has 7 heteroatoms. The van der Waals surface area contributed by atoms with Crippen molar-refractivity contribution in [2.45, 2.75) is 6.54 Å². The zero-order valence-corrected chi connectivity index (χ0v) is 9.34. The Labute approximate surface area is 102 Å². The molecule has 0 aliphatic carbocycles. The summed E-state index contributed by atoms with van der Waals surface area (Å²) in [6, 6.07) is 6.97. The van der Waals surface area contributed by atoms with Crippen molar-refractivity contribution >= 4 is 16.9 Å². The molecule has 7 nitrogen and oxygen atoms in total. The van der Waals surface area contributed by atoms with Gasteiger partial charge in [-0.05, 0) is 24.3 Å². The molecular weight excluding hydrogens is 232 g/mol. The third-order valence-electron chi connectivity index (χ3n) is 2.58. The SMILES string of the molecule is O=C(NCc1ccn[nH]1)c1ccc2n[nH]nc2c1. The number of aromatic nitrogens is 5. The number of hydrogen-bond donors (Lipinski definition) is 3. The molecule has 3 rings (SSSR count). The van der Waals surface area contributed by atoms with Gasteiger partial charge in [-0.15, -0.1) is 0 Å². The molecule has 2 aromatic heterocycles. The third-order valence-corrected chi connectivity index (χ3v) is 2.58. The van der Waals surface area contributed by atoms with Crippen LogP contribution >= 0.6 is 0 Å². The molecule has 0 bridgehead atoms. The minimum absolute atomic E-state index is 0.158. The first-order chi connectivity index (χ1) is 8.83. The van der Waals surface area contributed by atoms with Crippen LogP contribution in [-0.4, -0.2) is 31.5 Å². The fourth-order valence-electron chi connectivity index (χ4n) is 1.64. The van der Waals surface area contributed by atoms with Crippen molar-refractivity contribution in [3.8, 4) is 0 Å². The lowest BCUT2D eigenvalue weighted by Gasteiger charge is -2.03. The first-order valence-corrected chi connectivity index (χ1v) is 5.40. The molecule has 0 saturated heterocycles. The van der Waals surface area contributed by atoms with Crippen LogP contribution in [0.15, 0.2) is 30.5 Å². The van der Waals surface area contributed by atoms with E-state index >= 15 is 0 Å². The highest BCUT2D eigenvalue weighted by molar-refractivity contribution is 5.97. The van der Waals surface area contributed by atoms with Crippen molar-refractivity contribution < 1.29 is 4.79 Å². The minimum atomic E-state index is -0.158. The van der Waals surface area contributed by atoms with E-state index in [1.54, 1.807) is 30.5 Å². The Hall–Kier alpha value is -2.70. The second-order valence-electron chi connectivity index (χ2n) is 3.79. The Balaban J connectivity index is 1.75. The molecule has 0 spiro atoms. The second kappa shape index (κ2) is 4.28. The van der Waals surface area contributed by atoms with Crippen LogP contribution < -0.4 is 5.32 Å². The van der Waals surface area contributed by atoms with Gasteiger partial charge in [-0.3, -0.25) is 9.89 Å². The number of carbonyl (C=O) groups excluding carboxylic acids is 1. The third kappa shape index (κ3) is 1.93. The van der Waals surface area contributed by atoms with Crippen LogP contribution in [0.25, 0.3) is 11.0 Å². The van der Waals surface area contributed by atoms with Gasteiger partial charge in [0.05, 0.1) is 12.2 Å². The van der Waals surface area contributed by atoms with Gasteiger partial charge in [-0.25, -0.2) is 0 Å². The maximum atomic E-state index is 11.9. The van der Waals surface area contributed by atoms with E-state index in [0.29, 0.717) is 17.6 Å². The molecule has 0 unspecified atom stereocenters. The van der Waals surface area contributed by atoms with Gasteiger partial charge in [-0.1, -0.05) is 0 Å². The number of benzene rings is 1. The smallest absolute Gasteiger partial charge is 0.251 e. The van der Waals surface area contributed by atoms with Gasteiger partial charge in [0.1, 0.15) is 11.0 Å². The lowest BCUT2D eigenvalue weighted by Crippen LogP contribution is -2.22. The van der Waals surface area contributed by atoms with E-state index in [1.807, 2.05) is 0 Å². The summed E-state index contributed by atoms with van der Waals surface area (Å²) in [7, 11) is 0. The number of aromatic amines is 2. The lowest BCUT2D eigenvalue weighted by molar-refractivity contribution is 0.0950. The molecule has 90 valence electrons. The highest BCUT2D eigenvalue weighted by Gasteiger charge is 2.07. The lowest BCUT2D eigenvalue weighted by atomic mass is 10.2. The Morgan fingerprint density at radius 3 is 2.94 bits per heavy atom. The maximum absolute atomic E-state index is 11.9. The highest BCUT2D eigenvalue weighted by atomic mass is 16.1. The molecule has 3 aromatic rings. The Kier molecular flexibility index (Phi) is 2.49. The Bertz CT molecular complexity index is 672. The molecular formula is C11H10N6O. The molecule has 1 aromatic carbocycles. The van der Waals surface area contributed by atoms with E-state index in [1.165, 1.54) is 0 Å². The van der Waals surface area contributed by atoms with Gasteiger partial charge >= 0.3 is 0 Å². The second-order valence-corrected chi connectivity index (χ2v) is 3.79. The van der Waals surface area contributed by atoms with E-state index in [0.717, 1.165) is 11.2 Å². The van der Waals surface area contributed by atoms with Crippen LogP contribution in [0.1, 0.15) is 16.1 Å². The zero-order chi connectivity index (χ0) is 12.4. The molecule has 0 saturated carbocycles. The van der Waals surface area contributed by atoms with Crippen LogP contribution in [0, 0.1) is 0 Å². The normalized spacial score (nSPS) is 10.7. The summed E-state index contributed by atoms with van der Waals surface area (Å²) in [5.74, 6) is -0.158. The summed E-state index contributed by atoms with van der Waals surface area (Å²) in [4.78, 5) is 11.9. The number of carbonyl (C=O) groups is 1. The van der Waals surface area contributed by atoms with Crippen LogP contribution in [0.4, 0.5) is 0 Å². The van der Waals surface area contributed by atoms with Gasteiger partial charge in [0.15, 0.2) is 0 Å². The van der Waals surface area contributed by atoms with Crippen LogP contribution in [0.2, 0.25) is 0 Å². The summed E-state index contributed by atoms with van der Waals surface area (Å²) in [6.45, 7) is 0.412. The van der Waals surface area contributed by atoms with E-state index in [2.05, 4.69) is 30.9 Å². The summed E-state index contributed by atoms with van der Waals surface area (Å²) in [5.41, 5.74) is 2.81. The van der Waals surface area contributed by atoms with Crippen LogP contribution in [-0.2, 0) is 6.54 Å². The van der Waals surface area contributed by atoms with Crippen LogP contribution in [0.5, 0.6) is 0 Å². The summed E-state index contributed by atoms with van der Waals surface area (Å²) in [6.07, 6.45) is 1.64. The number of H-pyrrole nitrogens is 2. The van der Waals surface area contributed by atoms with Crippen LogP contribution in [0.3, 0.4) is 0 Å². The monoisotopic (exact) mass is 242 g/mol. The number of amides is 1. The number of hydrogen-bond acceptors (Lipinski definition) is 4. The molecule has 0 atom stereocenters. The van der Waals surface area contributed by atoms with E-state index in [9.17, 15) is 4.79 Å². The predicted molar refractivity (Wildman–Crippen MR) is 63.6 cm³/mol. The van der Waals surface area contributed by atoms with Crippen molar-refractivity contribution in [3.05, 3.63) is 41.7 Å². The van der Waals surface area contributed by atoms with Crippen molar-refractivity contribution in [2.24, 2.45) is 0 Å². The first-order valence-electron chi connectivity index (χ1n) is 5.40. The largest absolute Gasteiger partial charge is 0.346 e. The molecule has 0 aliphatic heterocycles. The summed E-state index contributed by atoms with van der Waals surface area (Å²) >= 11 is 0. The topological polar surface area (TPSA) is 99.4 Å². The molecule has 0 aliphatic rings. The fourth-order valence-corrected chi connectivity index (χ4v) is 1.64. The van der Waals surface area contributed by atoms with Crippen molar-refractivity contribution in [1.82, 2.24) is 30.9 Å². The first kappa shape index (κ1) is 10.5. The van der Waals surface area contributed by atoms with Gasteiger partial charge in [0.2, 0.25) is 0 Å². The van der Waals surface area contributed by atoms with E-state index in [-0.39, 0.29) is 5.91 Å². The van der Waals surface area contributed by atoms with Crippen molar-refractivity contribution in [2.75, 3.05) is 0 Å². The van der Waals surface area contributed by atoms with E-state index < -0.39 is 0 Å². The molecule has 0 radical (unpaired) electrons. The quantitative estimate of drug-likeness (QED) is 0.626. The molecule has 1 amide bonds. The summed E-state index contributed by atoms with van der Waals surface area (Å²) < 4.78 is 0. The van der Waals surface area contributed by atoms with Crippen molar-refractivity contribution in [1.29, 1.82) is 0 Å². The predicted octanol–water partition coefficient (Wildman–Crippen LogP) is 0.611. The summed E-state index contributed by atoms with van der Waals surface area (Å²) in [5, 5.41) is 19.8.